The van der Waals surface area contributed by atoms with Crippen molar-refractivity contribution in [2.24, 2.45) is 5.73 Å². The standard InChI is InChI=1S/C13H12F3NS/c14-13(15,16)11-6-9-5-8(1-2-10(9)18-11)7-12(17)3-4-12/h1-2,5-6H,3-4,7,17H2. The molecular weight excluding hydrogens is 259 g/mol. The summed E-state index contributed by atoms with van der Waals surface area (Å²) in [5.74, 6) is 0. The predicted octanol–water partition coefficient (Wildman–Crippen LogP) is 3.95. The van der Waals surface area contributed by atoms with E-state index in [0.29, 0.717) is 10.1 Å². The summed E-state index contributed by atoms with van der Waals surface area (Å²) in [6.07, 6.45) is -1.50. The highest BCUT2D eigenvalue weighted by Gasteiger charge is 2.38. The van der Waals surface area contributed by atoms with Crippen LogP contribution in [0.1, 0.15) is 23.3 Å². The van der Waals surface area contributed by atoms with Crippen molar-refractivity contribution in [2.45, 2.75) is 31.0 Å². The van der Waals surface area contributed by atoms with E-state index in [2.05, 4.69) is 0 Å². The van der Waals surface area contributed by atoms with Gasteiger partial charge in [0.25, 0.3) is 0 Å². The van der Waals surface area contributed by atoms with Crippen molar-refractivity contribution in [3.63, 3.8) is 0 Å². The van der Waals surface area contributed by atoms with Crippen LogP contribution in [-0.2, 0) is 12.6 Å². The molecule has 1 heterocycles. The Balaban J connectivity index is 1.96. The highest BCUT2D eigenvalue weighted by molar-refractivity contribution is 7.19. The van der Waals surface area contributed by atoms with Crippen LogP contribution in [0.4, 0.5) is 13.2 Å². The van der Waals surface area contributed by atoms with Crippen molar-refractivity contribution in [1.29, 1.82) is 0 Å². The van der Waals surface area contributed by atoms with Crippen LogP contribution in [0.2, 0.25) is 0 Å². The average Bonchev–Trinajstić information content (AvgIpc) is 2.83. The molecule has 0 atom stereocenters. The fourth-order valence-corrected chi connectivity index (χ4v) is 3.00. The lowest BCUT2D eigenvalue weighted by Gasteiger charge is -2.07. The number of nitrogens with two attached hydrogens (primary N) is 1. The highest BCUT2D eigenvalue weighted by Crippen LogP contribution is 2.40. The number of rotatable bonds is 2. The van der Waals surface area contributed by atoms with Gasteiger partial charge in [-0.25, -0.2) is 0 Å². The summed E-state index contributed by atoms with van der Waals surface area (Å²) >= 11 is 0.790. The summed E-state index contributed by atoms with van der Waals surface area (Å²) in [6, 6.07) is 6.69. The van der Waals surface area contributed by atoms with Crippen molar-refractivity contribution in [2.75, 3.05) is 0 Å². The van der Waals surface area contributed by atoms with Crippen LogP contribution in [0.5, 0.6) is 0 Å². The van der Waals surface area contributed by atoms with E-state index in [1.165, 1.54) is 6.07 Å². The maximum atomic E-state index is 12.6. The normalized spacial score (nSPS) is 18.2. The van der Waals surface area contributed by atoms with Crippen LogP contribution >= 0.6 is 11.3 Å². The monoisotopic (exact) mass is 271 g/mol. The molecule has 18 heavy (non-hydrogen) atoms. The van der Waals surface area contributed by atoms with E-state index in [-0.39, 0.29) is 5.54 Å². The average molecular weight is 271 g/mol. The van der Waals surface area contributed by atoms with Gasteiger partial charge in [0.2, 0.25) is 0 Å². The second kappa shape index (κ2) is 3.71. The van der Waals surface area contributed by atoms with Gasteiger partial charge in [-0.1, -0.05) is 12.1 Å². The van der Waals surface area contributed by atoms with Crippen LogP contribution in [0, 0.1) is 0 Å². The first-order valence-corrected chi connectivity index (χ1v) is 6.56. The number of fused-ring (bicyclic) bond motifs is 1. The van der Waals surface area contributed by atoms with Crippen molar-refractivity contribution < 1.29 is 13.2 Å². The third-order valence-electron chi connectivity index (χ3n) is 3.31. The maximum Gasteiger partial charge on any atom is 0.425 e. The lowest BCUT2D eigenvalue weighted by Crippen LogP contribution is -2.24. The molecule has 5 heteroatoms. The molecule has 2 aromatic rings. The number of benzene rings is 1. The SMILES string of the molecule is NC1(Cc2ccc3sc(C(F)(F)F)cc3c2)CC1. The van der Waals surface area contributed by atoms with Crippen LogP contribution in [-0.4, -0.2) is 5.54 Å². The van der Waals surface area contributed by atoms with E-state index in [1.807, 2.05) is 12.1 Å². The molecule has 0 saturated heterocycles. The first-order valence-electron chi connectivity index (χ1n) is 5.74. The van der Waals surface area contributed by atoms with Gasteiger partial charge in [0.15, 0.2) is 0 Å². The van der Waals surface area contributed by atoms with E-state index < -0.39 is 11.1 Å². The molecule has 1 fully saturated rings. The largest absolute Gasteiger partial charge is 0.425 e. The zero-order valence-electron chi connectivity index (χ0n) is 9.55. The van der Waals surface area contributed by atoms with Crippen LogP contribution in [0.3, 0.4) is 0 Å². The summed E-state index contributed by atoms with van der Waals surface area (Å²) < 4.78 is 38.5. The Morgan fingerprint density at radius 3 is 2.56 bits per heavy atom. The van der Waals surface area contributed by atoms with Gasteiger partial charge in [-0.15, -0.1) is 11.3 Å². The van der Waals surface area contributed by atoms with Gasteiger partial charge in [-0.3, -0.25) is 0 Å². The predicted molar refractivity (Wildman–Crippen MR) is 66.7 cm³/mol. The number of hydrogen-bond acceptors (Lipinski definition) is 2. The summed E-state index contributed by atoms with van der Waals surface area (Å²) in [6.45, 7) is 0. The van der Waals surface area contributed by atoms with Gasteiger partial charge >= 0.3 is 6.18 Å². The smallest absolute Gasteiger partial charge is 0.325 e. The zero-order valence-corrected chi connectivity index (χ0v) is 10.4. The maximum absolute atomic E-state index is 12.6. The fourth-order valence-electron chi connectivity index (χ4n) is 2.09. The summed E-state index contributed by atoms with van der Waals surface area (Å²) in [4.78, 5) is -0.538. The molecule has 0 aliphatic heterocycles. The Morgan fingerprint density at radius 2 is 1.94 bits per heavy atom. The van der Waals surface area contributed by atoms with Crippen LogP contribution in [0.15, 0.2) is 24.3 Å². The molecule has 0 amide bonds. The van der Waals surface area contributed by atoms with Crippen molar-refractivity contribution in [3.8, 4) is 0 Å². The first-order chi connectivity index (χ1) is 8.36. The zero-order chi connectivity index (χ0) is 13.0. The molecule has 2 N–H and O–H groups in total. The Kier molecular flexibility index (Phi) is 2.47. The molecule has 96 valence electrons. The third kappa shape index (κ3) is 2.24. The van der Waals surface area contributed by atoms with E-state index in [0.717, 1.165) is 36.2 Å². The Hall–Kier alpha value is -1.07. The van der Waals surface area contributed by atoms with E-state index in [4.69, 9.17) is 5.73 Å². The summed E-state index contributed by atoms with van der Waals surface area (Å²) in [7, 11) is 0. The summed E-state index contributed by atoms with van der Waals surface area (Å²) in [5, 5.41) is 0.661. The molecule has 1 aromatic heterocycles. The fraction of sp³-hybridized carbons (Fsp3) is 0.385. The lowest BCUT2D eigenvalue weighted by molar-refractivity contribution is -0.134. The number of hydrogen-bond donors (Lipinski definition) is 1. The number of halogens is 3. The van der Waals surface area contributed by atoms with Gasteiger partial charge in [0, 0.05) is 10.2 Å². The molecule has 1 aliphatic rings. The summed E-state index contributed by atoms with van der Waals surface area (Å²) in [5.41, 5.74) is 6.93. The van der Waals surface area contributed by atoms with Crippen molar-refractivity contribution in [3.05, 3.63) is 34.7 Å². The highest BCUT2D eigenvalue weighted by atomic mass is 32.1. The van der Waals surface area contributed by atoms with Crippen LogP contribution in [0.25, 0.3) is 10.1 Å². The third-order valence-corrected chi connectivity index (χ3v) is 4.47. The molecule has 0 spiro atoms. The molecule has 0 bridgehead atoms. The molecule has 1 aromatic carbocycles. The molecule has 0 unspecified atom stereocenters. The molecular formula is C13H12F3NS. The molecule has 1 aliphatic carbocycles. The van der Waals surface area contributed by atoms with E-state index in [1.54, 1.807) is 6.07 Å². The minimum absolute atomic E-state index is 0.115. The number of thiophene rings is 1. The topological polar surface area (TPSA) is 26.0 Å². The Bertz CT molecular complexity index is 596. The Labute approximate surface area is 106 Å². The second-order valence-corrected chi connectivity index (χ2v) is 6.10. The van der Waals surface area contributed by atoms with Gasteiger partial charge < -0.3 is 5.73 Å². The van der Waals surface area contributed by atoms with Gasteiger partial charge in [-0.2, -0.15) is 13.2 Å². The molecule has 1 saturated carbocycles. The lowest BCUT2D eigenvalue weighted by atomic mass is 10.0. The van der Waals surface area contributed by atoms with E-state index in [9.17, 15) is 13.2 Å². The number of alkyl halides is 3. The van der Waals surface area contributed by atoms with Crippen molar-refractivity contribution in [1.82, 2.24) is 0 Å². The van der Waals surface area contributed by atoms with Gasteiger partial charge in [0.05, 0.1) is 0 Å². The minimum Gasteiger partial charge on any atom is -0.325 e. The first kappa shape index (κ1) is 12.0. The van der Waals surface area contributed by atoms with Crippen molar-refractivity contribution >= 4 is 21.4 Å². The van der Waals surface area contributed by atoms with Crippen LogP contribution < -0.4 is 5.73 Å². The second-order valence-electron chi connectivity index (χ2n) is 5.02. The van der Waals surface area contributed by atoms with Gasteiger partial charge in [0.1, 0.15) is 4.88 Å². The van der Waals surface area contributed by atoms with E-state index >= 15 is 0 Å². The minimum atomic E-state index is -4.25. The molecule has 0 radical (unpaired) electrons. The quantitative estimate of drug-likeness (QED) is 0.879. The Morgan fingerprint density at radius 1 is 1.22 bits per heavy atom. The van der Waals surface area contributed by atoms with Gasteiger partial charge in [-0.05, 0) is 42.3 Å². The molecule has 3 rings (SSSR count). The molecule has 1 nitrogen and oxygen atoms in total.